The molecular formula is C9H17ClN6OS. The lowest BCUT2D eigenvalue weighted by Crippen LogP contribution is -2.41. The average molecular weight is 293 g/mol. The minimum Gasteiger partial charge on any atom is -0.383 e. The molecule has 9 heteroatoms. The van der Waals surface area contributed by atoms with Gasteiger partial charge in [-0.3, -0.25) is 15.6 Å². The number of nitrogens with zero attached hydrogens (tertiary/aromatic N) is 1. The zero-order valence-corrected chi connectivity index (χ0v) is 12.0. The van der Waals surface area contributed by atoms with Crippen LogP contribution in [0.2, 0.25) is 0 Å². The molecule has 0 bridgehead atoms. The number of nitrogens with two attached hydrogens (primary N) is 2. The Morgan fingerprint density at radius 2 is 1.83 bits per heavy atom. The molecule has 18 heavy (non-hydrogen) atoms. The van der Waals surface area contributed by atoms with E-state index < -0.39 is 22.5 Å². The zero-order valence-electron chi connectivity index (χ0n) is 10.3. The lowest BCUT2D eigenvalue weighted by atomic mass is 10.3. The Kier molecular flexibility index (Phi) is 6.42. The molecule has 0 aromatic carbocycles. The van der Waals surface area contributed by atoms with Gasteiger partial charge in [-0.2, -0.15) is 0 Å². The summed E-state index contributed by atoms with van der Waals surface area (Å²) in [4.78, 5) is 15.2. The SMILES string of the molecule is C/C(Cl)=C(N)\N=C(\N)C(=N)C(=O)NC(=N)[SH](C)C. The molecule has 0 saturated carbocycles. The molecule has 7 nitrogen and oxygen atoms in total. The van der Waals surface area contributed by atoms with E-state index in [0.29, 0.717) is 0 Å². The maximum Gasteiger partial charge on any atom is 0.278 e. The van der Waals surface area contributed by atoms with Crippen molar-refractivity contribution in [1.29, 1.82) is 10.8 Å². The van der Waals surface area contributed by atoms with Gasteiger partial charge < -0.3 is 16.8 Å². The minimum absolute atomic E-state index is 0.0598. The number of amidine groups is 2. The van der Waals surface area contributed by atoms with Gasteiger partial charge in [0.2, 0.25) is 0 Å². The highest BCUT2D eigenvalue weighted by molar-refractivity contribution is 8.28. The number of halogens is 1. The first-order valence-corrected chi connectivity index (χ1v) is 7.40. The third-order valence-corrected chi connectivity index (χ3v) is 2.96. The predicted molar refractivity (Wildman–Crippen MR) is 78.8 cm³/mol. The van der Waals surface area contributed by atoms with E-state index in [9.17, 15) is 4.79 Å². The summed E-state index contributed by atoms with van der Waals surface area (Å²) in [6.45, 7) is 1.51. The summed E-state index contributed by atoms with van der Waals surface area (Å²) in [6.07, 6.45) is 3.60. The van der Waals surface area contributed by atoms with Crippen molar-refractivity contribution >= 4 is 45.1 Å². The Morgan fingerprint density at radius 1 is 1.33 bits per heavy atom. The smallest absolute Gasteiger partial charge is 0.278 e. The molecule has 0 aliphatic rings. The van der Waals surface area contributed by atoms with Crippen molar-refractivity contribution in [2.75, 3.05) is 12.5 Å². The Bertz CT molecular complexity index is 438. The van der Waals surface area contributed by atoms with Gasteiger partial charge in [-0.15, -0.1) is 0 Å². The lowest BCUT2D eigenvalue weighted by Gasteiger charge is -2.12. The van der Waals surface area contributed by atoms with Gasteiger partial charge in [-0.1, -0.05) is 11.6 Å². The van der Waals surface area contributed by atoms with E-state index in [1.807, 2.05) is 0 Å². The Labute approximate surface area is 113 Å². The quantitative estimate of drug-likeness (QED) is 0.249. The summed E-state index contributed by atoms with van der Waals surface area (Å²) in [5.74, 6) is -1.21. The van der Waals surface area contributed by atoms with Gasteiger partial charge in [0.15, 0.2) is 11.5 Å². The zero-order chi connectivity index (χ0) is 14.5. The van der Waals surface area contributed by atoms with Crippen LogP contribution in [0.15, 0.2) is 15.8 Å². The second-order valence-corrected chi connectivity index (χ2v) is 6.29. The lowest BCUT2D eigenvalue weighted by molar-refractivity contribution is -0.113. The maximum absolute atomic E-state index is 11.5. The van der Waals surface area contributed by atoms with E-state index in [2.05, 4.69) is 10.3 Å². The molecule has 102 valence electrons. The molecule has 0 rings (SSSR count). The van der Waals surface area contributed by atoms with Gasteiger partial charge in [0.25, 0.3) is 5.91 Å². The molecule has 0 spiro atoms. The number of hydrogen-bond acceptors (Lipinski definition) is 5. The van der Waals surface area contributed by atoms with Crippen LogP contribution in [0.4, 0.5) is 0 Å². The molecular weight excluding hydrogens is 276 g/mol. The van der Waals surface area contributed by atoms with Crippen molar-refractivity contribution in [3.63, 3.8) is 0 Å². The second-order valence-electron chi connectivity index (χ2n) is 3.49. The van der Waals surface area contributed by atoms with Crippen LogP contribution < -0.4 is 16.8 Å². The number of carbonyl (C=O) groups excluding carboxylic acids is 1. The van der Waals surface area contributed by atoms with Gasteiger partial charge in [-0.25, -0.2) is 15.9 Å². The highest BCUT2D eigenvalue weighted by Gasteiger charge is 2.16. The Balaban J connectivity index is 4.82. The Morgan fingerprint density at radius 3 is 2.22 bits per heavy atom. The van der Waals surface area contributed by atoms with Gasteiger partial charge in [0.1, 0.15) is 11.0 Å². The summed E-state index contributed by atoms with van der Waals surface area (Å²) in [5, 5.41) is 17.5. The molecule has 0 aliphatic carbocycles. The summed E-state index contributed by atoms with van der Waals surface area (Å²) < 4.78 is 0. The third kappa shape index (κ3) is 5.19. The maximum atomic E-state index is 11.5. The van der Waals surface area contributed by atoms with Crippen molar-refractivity contribution in [2.24, 2.45) is 16.5 Å². The van der Waals surface area contributed by atoms with Crippen LogP contribution in [0.5, 0.6) is 0 Å². The molecule has 0 aromatic rings. The number of hydrogen-bond donors (Lipinski definition) is 6. The molecule has 0 radical (unpaired) electrons. The number of nitrogens with one attached hydrogen (secondary N) is 3. The standard InChI is InChI=1S/C9H17ClN6OS/c1-4(10)6(12)15-7(13)5(11)8(17)16-9(14)18(2)3/h11,18H,12H2,1-3H3,(H2,13,15)(H2,14,16,17)/b6-4+,11-5?. The molecule has 0 unspecified atom stereocenters. The second kappa shape index (κ2) is 7.02. The van der Waals surface area contributed by atoms with Gasteiger partial charge in [0, 0.05) is 0 Å². The van der Waals surface area contributed by atoms with E-state index in [4.69, 9.17) is 33.9 Å². The van der Waals surface area contributed by atoms with Crippen LogP contribution in [-0.2, 0) is 4.79 Å². The third-order valence-electron chi connectivity index (χ3n) is 1.76. The summed E-state index contributed by atoms with van der Waals surface area (Å²) in [5.41, 5.74) is 10.3. The van der Waals surface area contributed by atoms with Gasteiger partial charge in [-0.05, 0) is 19.4 Å². The number of rotatable bonds is 3. The van der Waals surface area contributed by atoms with E-state index >= 15 is 0 Å². The topological polar surface area (TPSA) is 141 Å². The number of aliphatic imine (C=N–C) groups is 1. The van der Waals surface area contributed by atoms with E-state index in [-0.39, 0.29) is 21.9 Å². The van der Waals surface area contributed by atoms with Gasteiger partial charge >= 0.3 is 0 Å². The van der Waals surface area contributed by atoms with Crippen molar-refractivity contribution in [1.82, 2.24) is 5.32 Å². The van der Waals surface area contributed by atoms with Crippen molar-refractivity contribution in [2.45, 2.75) is 6.92 Å². The highest BCUT2D eigenvalue weighted by Crippen LogP contribution is 2.11. The Hall–Kier alpha value is -1.54. The fourth-order valence-corrected chi connectivity index (χ4v) is 1.03. The molecule has 1 amide bonds. The molecule has 0 heterocycles. The first-order valence-electron chi connectivity index (χ1n) is 4.79. The summed E-state index contributed by atoms with van der Waals surface area (Å²) in [7, 11) is -0.746. The number of amides is 1. The number of allylic oxidation sites excluding steroid dienone is 1. The molecule has 0 aliphatic heterocycles. The largest absolute Gasteiger partial charge is 0.383 e. The van der Waals surface area contributed by atoms with Crippen molar-refractivity contribution < 1.29 is 4.79 Å². The van der Waals surface area contributed by atoms with E-state index in [0.717, 1.165) is 0 Å². The van der Waals surface area contributed by atoms with Crippen LogP contribution in [0.3, 0.4) is 0 Å². The van der Waals surface area contributed by atoms with E-state index in [1.165, 1.54) is 6.92 Å². The fourth-order valence-electron chi connectivity index (χ4n) is 0.661. The van der Waals surface area contributed by atoms with Crippen LogP contribution in [0.1, 0.15) is 6.92 Å². The fraction of sp³-hybridized carbons (Fsp3) is 0.333. The van der Waals surface area contributed by atoms with Crippen LogP contribution in [-0.4, -0.2) is 35.1 Å². The summed E-state index contributed by atoms with van der Waals surface area (Å²) in [6, 6.07) is 0. The van der Waals surface area contributed by atoms with Gasteiger partial charge in [0.05, 0.1) is 5.03 Å². The van der Waals surface area contributed by atoms with Crippen molar-refractivity contribution in [3.8, 4) is 0 Å². The molecule has 0 fully saturated rings. The molecule has 0 aromatic heterocycles. The number of carbonyl (C=O) groups is 1. The predicted octanol–water partition coefficient (Wildman–Crippen LogP) is 0.0616. The number of thiol groups is 1. The first kappa shape index (κ1) is 16.5. The van der Waals surface area contributed by atoms with E-state index in [1.54, 1.807) is 12.5 Å². The molecule has 0 saturated heterocycles. The van der Waals surface area contributed by atoms with Crippen molar-refractivity contribution in [3.05, 3.63) is 10.9 Å². The van der Waals surface area contributed by atoms with Crippen LogP contribution >= 0.6 is 22.5 Å². The van der Waals surface area contributed by atoms with Crippen LogP contribution in [0, 0.1) is 10.8 Å². The normalized spacial score (nSPS) is 13.6. The molecule has 7 N–H and O–H groups in total. The average Bonchev–Trinajstić information content (AvgIpc) is 2.27. The highest BCUT2D eigenvalue weighted by atomic mass is 35.5. The minimum atomic E-state index is -0.794. The first-order chi connectivity index (χ1) is 8.16. The monoisotopic (exact) mass is 292 g/mol. The van der Waals surface area contributed by atoms with Crippen LogP contribution in [0.25, 0.3) is 0 Å². The summed E-state index contributed by atoms with van der Waals surface area (Å²) >= 11 is 5.57. The molecule has 0 atom stereocenters.